The molecule has 156 valence electrons. The van der Waals surface area contributed by atoms with Crippen LogP contribution in [0.1, 0.15) is 35.4 Å². The zero-order valence-electron chi connectivity index (χ0n) is 17.6. The number of likely N-dealkylation sites (tertiary alicyclic amines) is 1. The minimum atomic E-state index is -0.0411. The molecule has 0 aliphatic carbocycles. The minimum Gasteiger partial charge on any atom is -0.453 e. The predicted molar refractivity (Wildman–Crippen MR) is 114 cm³/mol. The van der Waals surface area contributed by atoms with Crippen LogP contribution in [0.4, 0.5) is 0 Å². The maximum Gasteiger partial charge on any atom is 0.317 e. The fourth-order valence-electron chi connectivity index (χ4n) is 3.55. The van der Waals surface area contributed by atoms with Crippen molar-refractivity contribution in [2.24, 2.45) is 0 Å². The molecule has 0 unspecified atom stereocenters. The van der Waals surface area contributed by atoms with Crippen molar-refractivity contribution in [1.29, 1.82) is 0 Å². The van der Waals surface area contributed by atoms with Crippen LogP contribution < -0.4 is 4.74 Å². The molecule has 6 nitrogen and oxygen atoms in total. The first-order valence-electron chi connectivity index (χ1n) is 10.0. The molecule has 1 amide bonds. The Morgan fingerprint density at radius 3 is 2.31 bits per heavy atom. The highest BCUT2D eigenvalue weighted by molar-refractivity contribution is 6.30. The Bertz CT molecular complexity index is 825. The number of hydrogen-bond acceptors (Lipinski definition) is 5. The van der Waals surface area contributed by atoms with Crippen molar-refractivity contribution >= 4 is 17.5 Å². The normalized spacial score (nSPS) is 15.3. The highest BCUT2D eigenvalue weighted by Crippen LogP contribution is 2.19. The first-order chi connectivity index (χ1) is 13.8. The molecule has 0 radical (unpaired) electrons. The van der Waals surface area contributed by atoms with E-state index in [0.29, 0.717) is 0 Å². The number of carbonyl (C=O) groups excluding carboxylic acids is 1. The van der Waals surface area contributed by atoms with Gasteiger partial charge in [-0.15, -0.1) is 0 Å². The summed E-state index contributed by atoms with van der Waals surface area (Å²) in [6.45, 7) is 8.62. The number of piperidine rings is 1. The Kier molecular flexibility index (Phi) is 7.09. The minimum absolute atomic E-state index is 0.0383. The van der Waals surface area contributed by atoms with Gasteiger partial charge < -0.3 is 9.64 Å². The maximum atomic E-state index is 12.6. The molecule has 0 bridgehead atoms. The smallest absolute Gasteiger partial charge is 0.317 e. The molecule has 1 aromatic carbocycles. The number of rotatable bonds is 6. The van der Waals surface area contributed by atoms with Crippen LogP contribution in [-0.4, -0.2) is 58.5 Å². The summed E-state index contributed by atoms with van der Waals surface area (Å²) in [5, 5.41) is 0.760. The Labute approximate surface area is 177 Å². The molecule has 2 heterocycles. The molecule has 2 aromatic rings. The second-order valence-corrected chi connectivity index (χ2v) is 8.17. The third kappa shape index (κ3) is 5.67. The number of hydrogen-bond donors (Lipinski definition) is 0. The molecular weight excluding hydrogens is 388 g/mol. The fourth-order valence-corrected chi connectivity index (χ4v) is 3.68. The molecule has 1 saturated heterocycles. The quantitative estimate of drug-likeness (QED) is 0.720. The van der Waals surface area contributed by atoms with Gasteiger partial charge in [0.2, 0.25) is 0 Å². The van der Waals surface area contributed by atoms with E-state index in [1.54, 1.807) is 0 Å². The van der Waals surface area contributed by atoms with Crippen molar-refractivity contribution in [3.63, 3.8) is 0 Å². The Morgan fingerprint density at radius 1 is 1.14 bits per heavy atom. The van der Waals surface area contributed by atoms with Crippen LogP contribution in [0.25, 0.3) is 0 Å². The number of aryl methyl sites for hydroxylation is 2. The SMILES string of the molecule is Cc1nc(OCC(=O)N(C)C2CCN(Cc3ccc(Cl)cc3)CC2)nc(C)c1C. The lowest BCUT2D eigenvalue weighted by atomic mass is 10.0. The van der Waals surface area contributed by atoms with Gasteiger partial charge in [-0.3, -0.25) is 9.69 Å². The third-order valence-corrected chi connectivity index (χ3v) is 6.01. The summed E-state index contributed by atoms with van der Waals surface area (Å²) >= 11 is 5.96. The number of halogens is 1. The molecule has 1 aliphatic rings. The first kappa shape index (κ1) is 21.5. The van der Waals surface area contributed by atoms with E-state index in [1.807, 2.05) is 44.9 Å². The second-order valence-electron chi connectivity index (χ2n) is 7.73. The summed E-state index contributed by atoms with van der Waals surface area (Å²) in [7, 11) is 1.86. The topological polar surface area (TPSA) is 58.6 Å². The van der Waals surface area contributed by atoms with Crippen molar-refractivity contribution < 1.29 is 9.53 Å². The van der Waals surface area contributed by atoms with Crippen molar-refractivity contribution in [3.8, 4) is 6.01 Å². The van der Waals surface area contributed by atoms with Crippen LogP contribution in [0.3, 0.4) is 0 Å². The molecule has 1 aromatic heterocycles. The molecule has 3 rings (SSSR count). The van der Waals surface area contributed by atoms with Gasteiger partial charge in [-0.1, -0.05) is 23.7 Å². The van der Waals surface area contributed by atoms with Gasteiger partial charge in [0.05, 0.1) is 0 Å². The molecule has 29 heavy (non-hydrogen) atoms. The number of aromatic nitrogens is 2. The van der Waals surface area contributed by atoms with Crippen LogP contribution in [-0.2, 0) is 11.3 Å². The van der Waals surface area contributed by atoms with Crippen molar-refractivity contribution in [1.82, 2.24) is 19.8 Å². The van der Waals surface area contributed by atoms with Gasteiger partial charge in [-0.2, -0.15) is 0 Å². The van der Waals surface area contributed by atoms with Crippen LogP contribution >= 0.6 is 11.6 Å². The van der Waals surface area contributed by atoms with E-state index >= 15 is 0 Å². The van der Waals surface area contributed by atoms with Gasteiger partial charge >= 0.3 is 6.01 Å². The lowest BCUT2D eigenvalue weighted by Gasteiger charge is -2.36. The zero-order valence-corrected chi connectivity index (χ0v) is 18.4. The highest BCUT2D eigenvalue weighted by atomic mass is 35.5. The van der Waals surface area contributed by atoms with E-state index in [-0.39, 0.29) is 24.6 Å². The van der Waals surface area contributed by atoms with E-state index in [2.05, 4.69) is 27.0 Å². The average molecular weight is 417 g/mol. The van der Waals surface area contributed by atoms with Crippen molar-refractivity contribution in [2.75, 3.05) is 26.7 Å². The van der Waals surface area contributed by atoms with Crippen molar-refractivity contribution in [3.05, 3.63) is 51.8 Å². The standard InChI is InChI=1S/C22H29ClN4O2/c1-15-16(2)24-22(25-17(15)3)29-14-21(28)26(4)20-9-11-27(12-10-20)13-18-5-7-19(23)8-6-18/h5-8,20H,9-14H2,1-4H3. The van der Waals surface area contributed by atoms with Crippen LogP contribution in [0.5, 0.6) is 6.01 Å². The van der Waals surface area contributed by atoms with Gasteiger partial charge in [0.15, 0.2) is 6.61 Å². The molecule has 1 aliphatic heterocycles. The van der Waals surface area contributed by atoms with Gasteiger partial charge in [-0.25, -0.2) is 9.97 Å². The molecule has 0 saturated carbocycles. The summed E-state index contributed by atoms with van der Waals surface area (Å²) in [5.74, 6) is -0.0411. The maximum absolute atomic E-state index is 12.6. The number of likely N-dealkylation sites (N-methyl/N-ethyl adjacent to an activating group) is 1. The van der Waals surface area contributed by atoms with E-state index < -0.39 is 0 Å². The van der Waals surface area contributed by atoms with Crippen LogP contribution in [0.15, 0.2) is 24.3 Å². The number of nitrogens with zero attached hydrogens (tertiary/aromatic N) is 4. The molecule has 1 fully saturated rings. The summed E-state index contributed by atoms with van der Waals surface area (Å²) < 4.78 is 5.57. The summed E-state index contributed by atoms with van der Waals surface area (Å²) in [4.78, 5) is 25.4. The van der Waals surface area contributed by atoms with Crippen molar-refractivity contribution in [2.45, 2.75) is 46.2 Å². The van der Waals surface area contributed by atoms with Gasteiger partial charge in [0, 0.05) is 49.1 Å². The summed E-state index contributed by atoms with van der Waals surface area (Å²) in [6.07, 6.45) is 1.91. The summed E-state index contributed by atoms with van der Waals surface area (Å²) in [6, 6.07) is 8.49. The fraction of sp³-hybridized carbons (Fsp3) is 0.500. The Balaban J connectivity index is 1.46. The third-order valence-electron chi connectivity index (χ3n) is 5.75. The monoisotopic (exact) mass is 416 g/mol. The van der Waals surface area contributed by atoms with E-state index in [9.17, 15) is 4.79 Å². The second kappa shape index (κ2) is 9.55. The number of carbonyl (C=O) groups is 1. The summed E-state index contributed by atoms with van der Waals surface area (Å²) in [5.41, 5.74) is 4.06. The lowest BCUT2D eigenvalue weighted by Crippen LogP contribution is -2.46. The molecule has 7 heteroatoms. The number of amides is 1. The van der Waals surface area contributed by atoms with Crippen LogP contribution in [0.2, 0.25) is 5.02 Å². The predicted octanol–water partition coefficient (Wildman–Crippen LogP) is 3.56. The van der Waals surface area contributed by atoms with E-state index in [1.165, 1.54) is 5.56 Å². The number of benzene rings is 1. The zero-order chi connectivity index (χ0) is 21.0. The molecular formula is C22H29ClN4O2. The molecule has 0 spiro atoms. The Hall–Kier alpha value is -2.18. The van der Waals surface area contributed by atoms with Gasteiger partial charge in [0.25, 0.3) is 5.91 Å². The lowest BCUT2D eigenvalue weighted by molar-refractivity contribution is -0.135. The first-order valence-corrected chi connectivity index (χ1v) is 10.4. The number of ether oxygens (including phenoxy) is 1. The van der Waals surface area contributed by atoms with Gasteiger partial charge in [0.1, 0.15) is 0 Å². The highest BCUT2D eigenvalue weighted by Gasteiger charge is 2.25. The molecule has 0 N–H and O–H groups in total. The van der Waals surface area contributed by atoms with Gasteiger partial charge in [-0.05, 0) is 56.9 Å². The van der Waals surface area contributed by atoms with E-state index in [0.717, 1.165) is 54.4 Å². The van der Waals surface area contributed by atoms with E-state index in [4.69, 9.17) is 16.3 Å². The van der Waals surface area contributed by atoms with Crippen LogP contribution in [0, 0.1) is 20.8 Å². The Morgan fingerprint density at radius 2 is 1.72 bits per heavy atom. The largest absolute Gasteiger partial charge is 0.453 e. The average Bonchev–Trinajstić information content (AvgIpc) is 2.72. The molecule has 0 atom stereocenters.